The molecule has 0 atom stereocenters. The quantitative estimate of drug-likeness (QED) is 0.263. The fourth-order valence-corrected chi connectivity index (χ4v) is 4.49. The third-order valence-corrected chi connectivity index (χ3v) is 6.51. The van der Waals surface area contributed by atoms with Crippen molar-refractivity contribution in [3.63, 3.8) is 0 Å². The van der Waals surface area contributed by atoms with Gasteiger partial charge in [0.1, 0.15) is 24.7 Å². The highest BCUT2D eigenvalue weighted by Crippen LogP contribution is 2.31. The van der Waals surface area contributed by atoms with E-state index >= 15 is 0 Å². The van der Waals surface area contributed by atoms with Crippen molar-refractivity contribution in [2.45, 2.75) is 37.5 Å². The molecule has 0 unspecified atom stereocenters. The lowest BCUT2D eigenvalue weighted by molar-refractivity contribution is -0.380. The van der Waals surface area contributed by atoms with Crippen LogP contribution < -0.4 is 9.47 Å². The van der Waals surface area contributed by atoms with Crippen molar-refractivity contribution in [3.8, 4) is 11.5 Å². The summed E-state index contributed by atoms with van der Waals surface area (Å²) in [6.45, 7) is 4.41. The molecule has 190 valence electrons. The molecule has 1 aliphatic rings. The van der Waals surface area contributed by atoms with Gasteiger partial charge in [-0.15, -0.1) is 11.8 Å². The van der Waals surface area contributed by atoms with E-state index in [9.17, 15) is 13.2 Å². The minimum absolute atomic E-state index is 0.181. The fraction of sp³-hybridized carbons (Fsp3) is 0.286. The molecule has 1 saturated heterocycles. The number of alkyl halides is 3. The number of benzene rings is 3. The highest BCUT2D eigenvalue weighted by Gasteiger charge is 2.30. The van der Waals surface area contributed by atoms with E-state index in [0.717, 1.165) is 39.5 Å². The second-order valence-electron chi connectivity index (χ2n) is 8.32. The van der Waals surface area contributed by atoms with Crippen LogP contribution in [0.3, 0.4) is 0 Å². The van der Waals surface area contributed by atoms with Crippen LogP contribution in [0.1, 0.15) is 23.6 Å². The van der Waals surface area contributed by atoms with E-state index < -0.39 is 11.7 Å². The highest BCUT2D eigenvalue weighted by molar-refractivity contribution is 7.99. The van der Waals surface area contributed by atoms with E-state index in [1.165, 1.54) is 12.1 Å². The van der Waals surface area contributed by atoms with Crippen molar-refractivity contribution >= 4 is 17.8 Å². The Labute approximate surface area is 213 Å². The third kappa shape index (κ3) is 7.53. The van der Waals surface area contributed by atoms with Gasteiger partial charge in [0.05, 0.1) is 5.56 Å². The average Bonchev–Trinajstić information content (AvgIpc) is 2.84. The Bertz CT molecular complexity index is 1160. The molecule has 0 radical (unpaired) electrons. The Morgan fingerprint density at radius 3 is 2.33 bits per heavy atom. The summed E-state index contributed by atoms with van der Waals surface area (Å²) in [4.78, 5) is 1.07. The molecule has 0 amide bonds. The number of thioether (sulfide) groups is 1. The second kappa shape index (κ2) is 11.9. The van der Waals surface area contributed by atoms with E-state index in [0.29, 0.717) is 18.1 Å². The number of ether oxygens (including phenoxy) is 4. The maximum Gasteiger partial charge on any atom is 0.416 e. The van der Waals surface area contributed by atoms with Crippen molar-refractivity contribution in [2.75, 3.05) is 19.0 Å². The monoisotopic (exact) mass is 516 g/mol. The van der Waals surface area contributed by atoms with Gasteiger partial charge in [-0.05, 0) is 73.0 Å². The molecule has 36 heavy (non-hydrogen) atoms. The second-order valence-corrected chi connectivity index (χ2v) is 9.37. The molecule has 0 aromatic heterocycles. The van der Waals surface area contributed by atoms with Crippen molar-refractivity contribution in [1.29, 1.82) is 0 Å². The molecule has 0 N–H and O–H groups in total. The molecule has 0 saturated carbocycles. The summed E-state index contributed by atoms with van der Waals surface area (Å²) in [6, 6.07) is 20.6. The minimum atomic E-state index is -4.37. The van der Waals surface area contributed by atoms with Crippen LogP contribution in [0.2, 0.25) is 0 Å². The van der Waals surface area contributed by atoms with Crippen molar-refractivity contribution in [3.05, 3.63) is 95.1 Å². The SMILES string of the molecule is Cc1cc(SCC(=Cc2ccccc2)COc2ccc(C(F)(F)F)cc2)ccc1OCC1OC(C)O1. The molecule has 3 aromatic carbocycles. The van der Waals surface area contributed by atoms with Gasteiger partial charge in [-0.1, -0.05) is 36.4 Å². The van der Waals surface area contributed by atoms with E-state index in [-0.39, 0.29) is 19.2 Å². The molecule has 3 aromatic rings. The smallest absolute Gasteiger partial charge is 0.416 e. The zero-order valence-electron chi connectivity index (χ0n) is 20.0. The Hall–Kier alpha value is -2.94. The first-order valence-corrected chi connectivity index (χ1v) is 12.5. The van der Waals surface area contributed by atoms with Crippen LogP contribution in [0, 0.1) is 6.92 Å². The molecule has 4 rings (SSSR count). The summed E-state index contributed by atoms with van der Waals surface area (Å²) in [5.74, 6) is 1.81. The van der Waals surface area contributed by atoms with Gasteiger partial charge < -0.3 is 18.9 Å². The van der Waals surface area contributed by atoms with Gasteiger partial charge in [0.15, 0.2) is 12.6 Å². The predicted molar refractivity (Wildman–Crippen MR) is 134 cm³/mol. The maximum atomic E-state index is 12.8. The third-order valence-electron chi connectivity index (χ3n) is 5.41. The normalized spacial score (nSPS) is 18.0. The van der Waals surface area contributed by atoms with Gasteiger partial charge >= 0.3 is 6.18 Å². The molecule has 0 bridgehead atoms. The molecule has 0 spiro atoms. The number of aryl methyl sites for hydroxylation is 1. The van der Waals surface area contributed by atoms with Crippen LogP contribution in [0.5, 0.6) is 11.5 Å². The minimum Gasteiger partial charge on any atom is -0.489 e. The molecular formula is C28H27F3O4S. The maximum absolute atomic E-state index is 12.8. The molecule has 1 heterocycles. The van der Waals surface area contributed by atoms with E-state index in [1.807, 2.05) is 62.4 Å². The van der Waals surface area contributed by atoms with Crippen LogP contribution in [0.25, 0.3) is 6.08 Å². The van der Waals surface area contributed by atoms with Crippen molar-refractivity contribution in [1.82, 2.24) is 0 Å². The van der Waals surface area contributed by atoms with Gasteiger partial charge in [-0.3, -0.25) is 0 Å². The van der Waals surface area contributed by atoms with E-state index in [4.69, 9.17) is 18.9 Å². The number of hydrogen-bond acceptors (Lipinski definition) is 5. The summed E-state index contributed by atoms with van der Waals surface area (Å²) < 4.78 is 60.9. The van der Waals surface area contributed by atoms with E-state index in [1.54, 1.807) is 11.8 Å². The van der Waals surface area contributed by atoms with Crippen LogP contribution in [0.15, 0.2) is 83.3 Å². The van der Waals surface area contributed by atoms with Crippen LogP contribution >= 0.6 is 11.8 Å². The topological polar surface area (TPSA) is 36.9 Å². The Balaban J connectivity index is 1.38. The lowest BCUT2D eigenvalue weighted by Gasteiger charge is -2.33. The summed E-state index contributed by atoms with van der Waals surface area (Å²) in [5.41, 5.74) is 2.33. The van der Waals surface area contributed by atoms with Gasteiger partial charge in [0.25, 0.3) is 0 Å². The molecular weight excluding hydrogens is 489 g/mol. The largest absolute Gasteiger partial charge is 0.489 e. The van der Waals surface area contributed by atoms with Crippen molar-refractivity contribution < 1.29 is 32.1 Å². The molecule has 1 fully saturated rings. The van der Waals surface area contributed by atoms with Crippen LogP contribution in [-0.2, 0) is 15.7 Å². The summed E-state index contributed by atoms with van der Waals surface area (Å²) in [5, 5.41) is 0. The van der Waals surface area contributed by atoms with Crippen LogP contribution in [-0.4, -0.2) is 31.5 Å². The average molecular weight is 517 g/mol. The Kier molecular flexibility index (Phi) is 8.61. The summed E-state index contributed by atoms with van der Waals surface area (Å²) in [7, 11) is 0. The summed E-state index contributed by atoms with van der Waals surface area (Å²) in [6.07, 6.45) is -2.84. The molecule has 8 heteroatoms. The zero-order valence-corrected chi connectivity index (χ0v) is 20.8. The lowest BCUT2D eigenvalue weighted by Crippen LogP contribution is -2.42. The molecule has 0 aliphatic carbocycles. The van der Waals surface area contributed by atoms with Crippen LogP contribution in [0.4, 0.5) is 13.2 Å². The van der Waals surface area contributed by atoms with Crippen molar-refractivity contribution in [2.24, 2.45) is 0 Å². The molecule has 4 nitrogen and oxygen atoms in total. The summed E-state index contributed by atoms with van der Waals surface area (Å²) >= 11 is 1.65. The van der Waals surface area contributed by atoms with Gasteiger partial charge in [-0.2, -0.15) is 13.2 Å². The standard InChI is InChI=1S/C28H27F3O4S/c1-19-14-25(12-13-26(19)33-17-27-34-20(2)35-27)36-18-22(15-21-6-4-3-5-7-21)16-32-24-10-8-23(9-11-24)28(29,30)31/h3-15,20,27H,16-18H2,1-2H3. The Morgan fingerprint density at radius 2 is 1.69 bits per heavy atom. The molecule has 1 aliphatic heterocycles. The first kappa shape index (κ1) is 26.1. The predicted octanol–water partition coefficient (Wildman–Crippen LogP) is 7.37. The number of halogens is 3. The Morgan fingerprint density at radius 1 is 0.972 bits per heavy atom. The van der Waals surface area contributed by atoms with E-state index in [2.05, 4.69) is 6.07 Å². The highest BCUT2D eigenvalue weighted by atomic mass is 32.2. The van der Waals surface area contributed by atoms with Gasteiger partial charge in [0, 0.05) is 10.6 Å². The first-order valence-electron chi connectivity index (χ1n) is 11.5. The first-order chi connectivity index (χ1) is 17.3. The fourth-order valence-electron chi connectivity index (χ4n) is 3.55. The number of hydrogen-bond donors (Lipinski definition) is 0. The van der Waals surface area contributed by atoms with Gasteiger partial charge in [-0.25, -0.2) is 0 Å². The lowest BCUT2D eigenvalue weighted by atomic mass is 10.1. The zero-order chi connectivity index (χ0) is 25.5. The van der Waals surface area contributed by atoms with Gasteiger partial charge in [0.2, 0.25) is 0 Å². The number of rotatable bonds is 10.